The highest BCUT2D eigenvalue weighted by Gasteiger charge is 2.21. The Bertz CT molecular complexity index is 544. The maximum atomic E-state index is 6.11. The van der Waals surface area contributed by atoms with Crippen molar-refractivity contribution < 1.29 is 4.42 Å². The first-order chi connectivity index (χ1) is 8.24. The molecule has 2 nitrogen and oxygen atoms in total. The van der Waals surface area contributed by atoms with Crippen molar-refractivity contribution in [3.05, 3.63) is 28.1 Å². The van der Waals surface area contributed by atoms with E-state index in [1.54, 1.807) is 12.1 Å². The van der Waals surface area contributed by atoms with Crippen LogP contribution in [0.5, 0.6) is 0 Å². The molecule has 0 spiro atoms. The predicted octanol–water partition coefficient (Wildman–Crippen LogP) is 5.18. The summed E-state index contributed by atoms with van der Waals surface area (Å²) in [6.07, 6.45) is 6.18. The van der Waals surface area contributed by atoms with Gasteiger partial charge in [0.15, 0.2) is 11.5 Å². The zero-order valence-corrected chi connectivity index (χ0v) is 10.9. The second-order valence-electron chi connectivity index (χ2n) is 4.62. The summed E-state index contributed by atoms with van der Waals surface area (Å²) in [4.78, 5) is 4.52. The molecule has 1 aliphatic rings. The molecule has 1 aromatic carbocycles. The number of fused-ring (bicyclic) bond motifs is 1. The molecule has 0 unspecified atom stereocenters. The number of nitrogens with zero attached hydrogens (tertiary/aromatic N) is 1. The fourth-order valence-electron chi connectivity index (χ4n) is 2.50. The largest absolute Gasteiger partial charge is 0.440 e. The van der Waals surface area contributed by atoms with Gasteiger partial charge in [-0.3, -0.25) is 0 Å². The highest BCUT2D eigenvalue weighted by atomic mass is 35.5. The van der Waals surface area contributed by atoms with Crippen LogP contribution < -0.4 is 0 Å². The summed E-state index contributed by atoms with van der Waals surface area (Å²) in [6.45, 7) is 0. The second-order valence-corrected chi connectivity index (χ2v) is 5.47. The van der Waals surface area contributed by atoms with Crippen LogP contribution in [0.4, 0.5) is 0 Å². The van der Waals surface area contributed by atoms with Crippen LogP contribution in [0.15, 0.2) is 16.5 Å². The molecular formula is C13H13Cl2NO. The molecule has 4 heteroatoms. The lowest BCUT2D eigenvalue weighted by Crippen LogP contribution is -2.04. The van der Waals surface area contributed by atoms with Crippen molar-refractivity contribution in [1.29, 1.82) is 0 Å². The van der Waals surface area contributed by atoms with Crippen LogP contribution in [0.25, 0.3) is 11.1 Å². The summed E-state index contributed by atoms with van der Waals surface area (Å²) >= 11 is 12.1. The number of benzene rings is 1. The van der Waals surface area contributed by atoms with Crippen molar-refractivity contribution in [3.8, 4) is 0 Å². The predicted molar refractivity (Wildman–Crippen MR) is 69.9 cm³/mol. The van der Waals surface area contributed by atoms with Gasteiger partial charge in [0, 0.05) is 17.0 Å². The van der Waals surface area contributed by atoms with Gasteiger partial charge in [-0.25, -0.2) is 4.98 Å². The molecule has 0 radical (unpaired) electrons. The van der Waals surface area contributed by atoms with Gasteiger partial charge in [-0.1, -0.05) is 42.5 Å². The van der Waals surface area contributed by atoms with Crippen LogP contribution in [-0.4, -0.2) is 4.98 Å². The van der Waals surface area contributed by atoms with Gasteiger partial charge in [-0.15, -0.1) is 0 Å². The third-order valence-electron chi connectivity index (χ3n) is 3.38. The van der Waals surface area contributed by atoms with E-state index in [4.69, 9.17) is 27.6 Å². The molecule has 0 aliphatic heterocycles. The van der Waals surface area contributed by atoms with Gasteiger partial charge in [0.1, 0.15) is 5.52 Å². The minimum absolute atomic E-state index is 0.450. The molecule has 2 aromatic rings. The Hall–Kier alpha value is -0.730. The van der Waals surface area contributed by atoms with Crippen LogP contribution in [0, 0.1) is 0 Å². The zero-order valence-electron chi connectivity index (χ0n) is 9.38. The maximum Gasteiger partial charge on any atom is 0.198 e. The summed E-state index contributed by atoms with van der Waals surface area (Å²) in [5, 5.41) is 1.16. The Labute approximate surface area is 110 Å². The number of oxazole rings is 1. The molecule has 0 saturated heterocycles. The van der Waals surface area contributed by atoms with Crippen LogP contribution in [0.2, 0.25) is 10.0 Å². The SMILES string of the molecule is Clc1cc(Cl)c2nc(C3CCCCC3)oc2c1. The Kier molecular flexibility index (Phi) is 3.01. The highest BCUT2D eigenvalue weighted by Crippen LogP contribution is 2.36. The monoisotopic (exact) mass is 269 g/mol. The molecule has 0 amide bonds. The Balaban J connectivity index is 2.03. The molecule has 1 aromatic heterocycles. The lowest BCUT2D eigenvalue weighted by Gasteiger charge is -2.17. The standard InChI is InChI=1S/C13H13Cl2NO/c14-9-6-10(15)12-11(7-9)17-13(16-12)8-4-2-1-3-5-8/h6-8H,1-5H2. The molecule has 3 rings (SSSR count). The molecule has 1 fully saturated rings. The second kappa shape index (κ2) is 4.51. The maximum absolute atomic E-state index is 6.11. The number of rotatable bonds is 1. The van der Waals surface area contributed by atoms with E-state index in [1.165, 1.54) is 19.3 Å². The molecule has 0 atom stereocenters. The summed E-state index contributed by atoms with van der Waals surface area (Å²) in [5.41, 5.74) is 1.43. The van der Waals surface area contributed by atoms with Gasteiger partial charge in [0.2, 0.25) is 0 Å². The van der Waals surface area contributed by atoms with Crippen molar-refractivity contribution in [3.63, 3.8) is 0 Å². The van der Waals surface area contributed by atoms with E-state index in [9.17, 15) is 0 Å². The fraction of sp³-hybridized carbons (Fsp3) is 0.462. The topological polar surface area (TPSA) is 26.0 Å². The lowest BCUT2D eigenvalue weighted by molar-refractivity contribution is 0.373. The van der Waals surface area contributed by atoms with Crippen LogP contribution in [0.3, 0.4) is 0 Å². The molecule has 1 saturated carbocycles. The van der Waals surface area contributed by atoms with E-state index in [0.29, 0.717) is 21.5 Å². The Morgan fingerprint density at radius 3 is 2.65 bits per heavy atom. The van der Waals surface area contributed by atoms with Crippen LogP contribution in [0.1, 0.15) is 43.9 Å². The fourth-order valence-corrected chi connectivity index (χ4v) is 3.02. The quantitative estimate of drug-likeness (QED) is 0.713. The van der Waals surface area contributed by atoms with Gasteiger partial charge in [0.05, 0.1) is 5.02 Å². The van der Waals surface area contributed by atoms with Crippen LogP contribution in [-0.2, 0) is 0 Å². The first-order valence-corrected chi connectivity index (χ1v) is 6.75. The van der Waals surface area contributed by atoms with Gasteiger partial charge in [-0.05, 0) is 18.9 Å². The van der Waals surface area contributed by atoms with Crippen molar-refractivity contribution in [2.24, 2.45) is 0 Å². The van der Waals surface area contributed by atoms with Crippen molar-refractivity contribution in [2.45, 2.75) is 38.0 Å². The molecule has 0 N–H and O–H groups in total. The molecule has 90 valence electrons. The minimum atomic E-state index is 0.450. The van der Waals surface area contributed by atoms with E-state index >= 15 is 0 Å². The Morgan fingerprint density at radius 2 is 1.88 bits per heavy atom. The van der Waals surface area contributed by atoms with Crippen molar-refractivity contribution in [2.75, 3.05) is 0 Å². The first kappa shape index (κ1) is 11.4. The van der Waals surface area contributed by atoms with Crippen molar-refractivity contribution >= 4 is 34.3 Å². The van der Waals surface area contributed by atoms with E-state index in [-0.39, 0.29) is 0 Å². The van der Waals surface area contributed by atoms with E-state index in [1.807, 2.05) is 0 Å². The highest BCUT2D eigenvalue weighted by molar-refractivity contribution is 6.38. The van der Waals surface area contributed by atoms with E-state index < -0.39 is 0 Å². The average Bonchev–Trinajstić information content (AvgIpc) is 2.74. The smallest absolute Gasteiger partial charge is 0.198 e. The van der Waals surface area contributed by atoms with E-state index in [0.717, 1.165) is 24.2 Å². The lowest BCUT2D eigenvalue weighted by atomic mass is 9.89. The summed E-state index contributed by atoms with van der Waals surface area (Å²) in [7, 11) is 0. The summed E-state index contributed by atoms with van der Waals surface area (Å²) in [6, 6.07) is 3.49. The third-order valence-corrected chi connectivity index (χ3v) is 3.89. The summed E-state index contributed by atoms with van der Waals surface area (Å²) in [5.74, 6) is 1.27. The van der Waals surface area contributed by atoms with Gasteiger partial charge < -0.3 is 4.42 Å². The molecular weight excluding hydrogens is 257 g/mol. The summed E-state index contributed by atoms with van der Waals surface area (Å²) < 4.78 is 5.79. The number of aromatic nitrogens is 1. The average molecular weight is 270 g/mol. The normalized spacial score (nSPS) is 17.8. The minimum Gasteiger partial charge on any atom is -0.440 e. The van der Waals surface area contributed by atoms with Crippen molar-refractivity contribution in [1.82, 2.24) is 4.98 Å². The molecule has 17 heavy (non-hydrogen) atoms. The van der Waals surface area contributed by atoms with Gasteiger partial charge >= 0.3 is 0 Å². The number of hydrogen-bond acceptors (Lipinski definition) is 2. The van der Waals surface area contributed by atoms with Gasteiger partial charge in [0.25, 0.3) is 0 Å². The zero-order chi connectivity index (χ0) is 11.8. The third kappa shape index (κ3) is 2.16. The van der Waals surface area contributed by atoms with E-state index in [2.05, 4.69) is 4.98 Å². The molecule has 0 bridgehead atoms. The molecule has 1 heterocycles. The van der Waals surface area contributed by atoms with Gasteiger partial charge in [-0.2, -0.15) is 0 Å². The van der Waals surface area contributed by atoms with Crippen LogP contribution >= 0.6 is 23.2 Å². The number of hydrogen-bond donors (Lipinski definition) is 0. The molecule has 1 aliphatic carbocycles. The first-order valence-electron chi connectivity index (χ1n) is 5.99. The Morgan fingerprint density at radius 1 is 1.12 bits per heavy atom. The number of halogens is 2.